The Hall–Kier alpha value is -2.70. The predicted octanol–water partition coefficient (Wildman–Crippen LogP) is 3.81. The van der Waals surface area contributed by atoms with E-state index >= 15 is 0 Å². The van der Waals surface area contributed by atoms with Crippen LogP contribution in [0.25, 0.3) is 0 Å². The summed E-state index contributed by atoms with van der Waals surface area (Å²) in [6.07, 6.45) is -4.55. The maximum atomic E-state index is 14.1. The second kappa shape index (κ2) is 9.64. The molecule has 12 heteroatoms. The summed E-state index contributed by atoms with van der Waals surface area (Å²) in [5, 5.41) is 9.40. The third kappa shape index (κ3) is 5.35. The van der Waals surface area contributed by atoms with Gasteiger partial charge in [-0.3, -0.25) is 9.69 Å². The van der Waals surface area contributed by atoms with Gasteiger partial charge in [0.05, 0.1) is 10.8 Å². The first-order chi connectivity index (χ1) is 16.8. The highest BCUT2D eigenvalue weighted by Crippen LogP contribution is 2.35. The zero-order valence-electron chi connectivity index (χ0n) is 19.6. The van der Waals surface area contributed by atoms with Crippen molar-refractivity contribution in [3.05, 3.63) is 58.9 Å². The van der Waals surface area contributed by atoms with E-state index in [1.807, 2.05) is 4.90 Å². The molecule has 0 bridgehead atoms. The molecule has 2 aromatic rings. The molecule has 2 aromatic carbocycles. The number of fused-ring (bicyclic) bond motifs is 1. The van der Waals surface area contributed by atoms with Crippen LogP contribution in [0.5, 0.6) is 5.75 Å². The van der Waals surface area contributed by atoms with Crippen LogP contribution >= 0.6 is 0 Å². The standard InChI is InChI=1S/C24H26F4N2O5S/c1-14-11-29(13-16-6-7-21(20(25)8-16)35-24(26,27)28)12-15(2)30(14)36(33,34)22-5-3-4-17-9-18(23(31)32)10-19(17)22/h3-8,14-15,18H,9-13H2,1-2H3,(H,31,32)/t14-,15+,18?. The summed E-state index contributed by atoms with van der Waals surface area (Å²) < 4.78 is 83.8. The smallest absolute Gasteiger partial charge is 0.481 e. The molecule has 1 fully saturated rings. The fourth-order valence-corrected chi connectivity index (χ4v) is 7.36. The van der Waals surface area contributed by atoms with Gasteiger partial charge in [0, 0.05) is 31.7 Å². The highest BCUT2D eigenvalue weighted by Gasteiger charge is 2.41. The molecule has 3 atom stereocenters. The van der Waals surface area contributed by atoms with Crippen LogP contribution < -0.4 is 4.74 Å². The zero-order chi connectivity index (χ0) is 26.4. The number of alkyl halides is 3. The summed E-state index contributed by atoms with van der Waals surface area (Å²) in [7, 11) is -3.93. The molecule has 196 valence electrons. The number of rotatable bonds is 6. The average molecular weight is 531 g/mol. The van der Waals surface area contributed by atoms with Gasteiger partial charge in [0.15, 0.2) is 11.6 Å². The Morgan fingerprint density at radius 1 is 1.11 bits per heavy atom. The number of benzene rings is 2. The number of sulfonamides is 1. The second-order valence-electron chi connectivity index (χ2n) is 9.38. The van der Waals surface area contributed by atoms with Gasteiger partial charge in [0.25, 0.3) is 0 Å². The Morgan fingerprint density at radius 2 is 1.78 bits per heavy atom. The molecule has 1 aliphatic heterocycles. The number of aliphatic carboxylic acids is 1. The fraction of sp³-hybridized carbons (Fsp3) is 0.458. The van der Waals surface area contributed by atoms with Crippen molar-refractivity contribution in [1.82, 2.24) is 9.21 Å². The molecule has 0 radical (unpaired) electrons. The van der Waals surface area contributed by atoms with Gasteiger partial charge in [-0.1, -0.05) is 18.2 Å². The lowest BCUT2D eigenvalue weighted by Crippen LogP contribution is -2.58. The quantitative estimate of drug-likeness (QED) is 0.572. The largest absolute Gasteiger partial charge is 0.573 e. The van der Waals surface area contributed by atoms with E-state index in [-0.39, 0.29) is 24.3 Å². The number of hydrogen-bond donors (Lipinski definition) is 1. The number of halogens is 4. The van der Waals surface area contributed by atoms with Crippen molar-refractivity contribution in [1.29, 1.82) is 0 Å². The Labute approximate surface area is 206 Å². The minimum absolute atomic E-state index is 0.123. The molecule has 1 saturated heterocycles. The van der Waals surface area contributed by atoms with E-state index in [1.54, 1.807) is 26.0 Å². The van der Waals surface area contributed by atoms with Crippen LogP contribution in [-0.2, 0) is 34.2 Å². The van der Waals surface area contributed by atoms with Crippen LogP contribution in [0.15, 0.2) is 41.3 Å². The molecule has 0 saturated carbocycles. The third-order valence-corrected chi connectivity index (χ3v) is 8.81. The topological polar surface area (TPSA) is 87.2 Å². The van der Waals surface area contributed by atoms with Gasteiger partial charge >= 0.3 is 12.3 Å². The van der Waals surface area contributed by atoms with E-state index in [2.05, 4.69) is 4.74 Å². The molecule has 1 heterocycles. The predicted molar refractivity (Wildman–Crippen MR) is 121 cm³/mol. The molecule has 4 rings (SSSR count). The van der Waals surface area contributed by atoms with Crippen molar-refractivity contribution in [3.63, 3.8) is 0 Å². The SMILES string of the molecule is C[C@@H]1CN(Cc2ccc(OC(F)(F)F)c(F)c2)C[C@H](C)N1S(=O)(=O)c1cccc2c1CC(C(=O)O)C2. The van der Waals surface area contributed by atoms with Crippen molar-refractivity contribution < 1.29 is 40.6 Å². The summed E-state index contributed by atoms with van der Waals surface area (Å²) in [5.41, 5.74) is 1.70. The molecular formula is C24H26F4N2O5S. The second-order valence-corrected chi connectivity index (χ2v) is 11.2. The van der Waals surface area contributed by atoms with Gasteiger partial charge in [0.1, 0.15) is 0 Å². The summed E-state index contributed by atoms with van der Waals surface area (Å²) in [4.78, 5) is 13.5. The summed E-state index contributed by atoms with van der Waals surface area (Å²) in [6, 6.07) is 7.23. The van der Waals surface area contributed by atoms with Crippen LogP contribution in [0.3, 0.4) is 0 Å². The number of carbonyl (C=O) groups is 1. The molecular weight excluding hydrogens is 504 g/mol. The molecule has 36 heavy (non-hydrogen) atoms. The van der Waals surface area contributed by atoms with Crippen LogP contribution in [-0.4, -0.2) is 60.2 Å². The number of carboxylic acids is 1. The van der Waals surface area contributed by atoms with Gasteiger partial charge in [-0.15, -0.1) is 13.2 Å². The minimum atomic E-state index is -5.00. The normalized spacial score (nSPS) is 23.4. The Morgan fingerprint density at radius 3 is 2.36 bits per heavy atom. The van der Waals surface area contributed by atoms with Gasteiger partial charge in [-0.05, 0) is 61.6 Å². The van der Waals surface area contributed by atoms with Gasteiger partial charge in [-0.2, -0.15) is 4.31 Å². The molecule has 1 aliphatic carbocycles. The number of carboxylic acid groups (broad SMARTS) is 1. The highest BCUT2D eigenvalue weighted by atomic mass is 32.2. The Kier molecular flexibility index (Phi) is 7.06. The van der Waals surface area contributed by atoms with Crippen molar-refractivity contribution >= 4 is 16.0 Å². The number of piperazine rings is 1. The molecule has 1 N–H and O–H groups in total. The van der Waals surface area contributed by atoms with Crippen LogP contribution in [0, 0.1) is 11.7 Å². The summed E-state index contributed by atoms with van der Waals surface area (Å²) in [5.74, 6) is -3.66. The lowest BCUT2D eigenvalue weighted by Gasteiger charge is -2.43. The summed E-state index contributed by atoms with van der Waals surface area (Å²) >= 11 is 0. The van der Waals surface area contributed by atoms with Crippen LogP contribution in [0.2, 0.25) is 0 Å². The van der Waals surface area contributed by atoms with Crippen molar-refractivity contribution in [2.45, 2.75) is 56.6 Å². The number of hydrogen-bond acceptors (Lipinski definition) is 5. The number of ether oxygens (including phenoxy) is 1. The maximum absolute atomic E-state index is 14.1. The number of nitrogens with zero attached hydrogens (tertiary/aromatic N) is 2. The van der Waals surface area contributed by atoms with Crippen LogP contribution in [0.1, 0.15) is 30.5 Å². The first-order valence-electron chi connectivity index (χ1n) is 11.4. The van der Waals surface area contributed by atoms with E-state index in [9.17, 15) is 35.9 Å². The first kappa shape index (κ1) is 26.4. The third-order valence-electron chi connectivity index (χ3n) is 6.59. The van der Waals surface area contributed by atoms with E-state index in [4.69, 9.17) is 0 Å². The Bertz CT molecular complexity index is 1260. The van der Waals surface area contributed by atoms with Gasteiger partial charge in [-0.25, -0.2) is 12.8 Å². The van der Waals surface area contributed by atoms with Gasteiger partial charge < -0.3 is 9.84 Å². The molecule has 0 amide bonds. The molecule has 7 nitrogen and oxygen atoms in total. The van der Waals surface area contributed by atoms with E-state index in [0.717, 1.165) is 17.7 Å². The van der Waals surface area contributed by atoms with Gasteiger partial charge in [0.2, 0.25) is 10.0 Å². The average Bonchev–Trinajstić information content (AvgIpc) is 3.19. The highest BCUT2D eigenvalue weighted by molar-refractivity contribution is 7.89. The fourth-order valence-electron chi connectivity index (χ4n) is 5.28. The first-order valence-corrected chi connectivity index (χ1v) is 12.8. The van der Waals surface area contributed by atoms with E-state index in [1.165, 1.54) is 16.4 Å². The lowest BCUT2D eigenvalue weighted by molar-refractivity contribution is -0.275. The van der Waals surface area contributed by atoms with Crippen molar-refractivity contribution in [2.24, 2.45) is 5.92 Å². The molecule has 2 aliphatic rings. The maximum Gasteiger partial charge on any atom is 0.573 e. The molecule has 0 aromatic heterocycles. The van der Waals surface area contributed by atoms with E-state index in [0.29, 0.717) is 24.2 Å². The zero-order valence-corrected chi connectivity index (χ0v) is 20.4. The van der Waals surface area contributed by atoms with Crippen molar-refractivity contribution in [3.8, 4) is 5.75 Å². The summed E-state index contributed by atoms with van der Waals surface area (Å²) in [6.45, 7) is 4.36. The lowest BCUT2D eigenvalue weighted by atomic mass is 10.1. The van der Waals surface area contributed by atoms with E-state index < -0.39 is 51.9 Å². The molecule has 1 unspecified atom stereocenters. The minimum Gasteiger partial charge on any atom is -0.481 e. The van der Waals surface area contributed by atoms with Crippen LogP contribution in [0.4, 0.5) is 17.6 Å². The van der Waals surface area contributed by atoms with Crippen molar-refractivity contribution in [2.75, 3.05) is 13.1 Å². The Balaban J connectivity index is 1.50. The molecule has 0 spiro atoms. The monoisotopic (exact) mass is 530 g/mol.